The van der Waals surface area contributed by atoms with Crippen LogP contribution < -0.4 is 5.32 Å². The summed E-state index contributed by atoms with van der Waals surface area (Å²) in [7, 11) is 0. The van der Waals surface area contributed by atoms with Crippen LogP contribution in [0.25, 0.3) is 5.52 Å². The van der Waals surface area contributed by atoms with Crippen molar-refractivity contribution in [3.63, 3.8) is 0 Å². The molecule has 4 nitrogen and oxygen atoms in total. The summed E-state index contributed by atoms with van der Waals surface area (Å²) in [4.78, 5) is 16.8. The number of benzene rings is 1. The lowest BCUT2D eigenvalue weighted by Gasteiger charge is -2.24. The van der Waals surface area contributed by atoms with Crippen molar-refractivity contribution in [3.8, 4) is 0 Å². The standard InChI is InChI=1S/C21H24ClN3O/c1-21(2,16-8-10-17(22)11-9-16)14-20(26)23-12-5-7-19-24-15-18-6-3-4-13-25(18)19/h3-4,6,8-11,13,15H,5,7,12,14H2,1-2H3,(H,23,26). The first-order valence-electron chi connectivity index (χ1n) is 8.89. The number of carbonyl (C=O) groups excluding carboxylic acids is 1. The fourth-order valence-electron chi connectivity index (χ4n) is 3.13. The summed E-state index contributed by atoms with van der Waals surface area (Å²) in [6, 6.07) is 13.7. The number of aryl methyl sites for hydroxylation is 1. The van der Waals surface area contributed by atoms with E-state index in [9.17, 15) is 4.79 Å². The molecule has 0 fully saturated rings. The Balaban J connectivity index is 1.47. The normalized spacial score (nSPS) is 11.7. The number of imidazole rings is 1. The first kappa shape index (κ1) is 18.5. The first-order chi connectivity index (χ1) is 12.5. The maximum absolute atomic E-state index is 12.3. The van der Waals surface area contributed by atoms with Gasteiger partial charge in [-0.15, -0.1) is 0 Å². The van der Waals surface area contributed by atoms with E-state index in [4.69, 9.17) is 11.6 Å². The minimum absolute atomic E-state index is 0.0675. The van der Waals surface area contributed by atoms with Gasteiger partial charge in [0, 0.05) is 30.6 Å². The van der Waals surface area contributed by atoms with Gasteiger partial charge in [0.1, 0.15) is 5.82 Å². The molecule has 0 atom stereocenters. The van der Waals surface area contributed by atoms with Crippen LogP contribution in [0.3, 0.4) is 0 Å². The van der Waals surface area contributed by atoms with Gasteiger partial charge in [0.15, 0.2) is 0 Å². The summed E-state index contributed by atoms with van der Waals surface area (Å²) in [6.45, 7) is 4.80. The molecule has 0 radical (unpaired) electrons. The molecular weight excluding hydrogens is 346 g/mol. The smallest absolute Gasteiger partial charge is 0.220 e. The quantitative estimate of drug-likeness (QED) is 0.627. The predicted octanol–water partition coefficient (Wildman–Crippen LogP) is 4.40. The molecule has 0 spiro atoms. The zero-order valence-corrected chi connectivity index (χ0v) is 16.0. The third-order valence-corrected chi connectivity index (χ3v) is 4.89. The number of hydrogen-bond donors (Lipinski definition) is 1. The van der Waals surface area contributed by atoms with Gasteiger partial charge in [0.2, 0.25) is 5.91 Å². The van der Waals surface area contributed by atoms with E-state index < -0.39 is 0 Å². The van der Waals surface area contributed by atoms with E-state index in [1.165, 1.54) is 0 Å². The number of aromatic nitrogens is 2. The van der Waals surface area contributed by atoms with E-state index in [0.29, 0.717) is 18.0 Å². The fourth-order valence-corrected chi connectivity index (χ4v) is 3.25. The number of carbonyl (C=O) groups is 1. The van der Waals surface area contributed by atoms with Crippen molar-refractivity contribution in [2.75, 3.05) is 6.54 Å². The minimum Gasteiger partial charge on any atom is -0.356 e. The Morgan fingerprint density at radius 3 is 2.73 bits per heavy atom. The van der Waals surface area contributed by atoms with Crippen molar-refractivity contribution < 1.29 is 4.79 Å². The molecule has 3 rings (SSSR count). The molecule has 3 aromatic rings. The molecule has 2 heterocycles. The Kier molecular flexibility index (Phi) is 5.62. The number of nitrogens with zero attached hydrogens (tertiary/aromatic N) is 2. The third-order valence-electron chi connectivity index (χ3n) is 4.64. The molecule has 0 aliphatic carbocycles. The van der Waals surface area contributed by atoms with Crippen LogP contribution in [0.15, 0.2) is 54.9 Å². The highest BCUT2D eigenvalue weighted by Crippen LogP contribution is 2.27. The predicted molar refractivity (Wildman–Crippen MR) is 106 cm³/mol. The fraction of sp³-hybridized carbons (Fsp3) is 0.333. The van der Waals surface area contributed by atoms with E-state index in [1.807, 2.05) is 54.9 Å². The SMILES string of the molecule is CC(C)(CC(=O)NCCCc1ncc2ccccn12)c1ccc(Cl)cc1. The van der Waals surface area contributed by atoms with E-state index in [2.05, 4.69) is 28.5 Å². The van der Waals surface area contributed by atoms with Gasteiger partial charge >= 0.3 is 0 Å². The molecule has 0 unspecified atom stereocenters. The molecular formula is C21H24ClN3O. The van der Waals surface area contributed by atoms with Gasteiger partial charge in [-0.1, -0.05) is 43.6 Å². The second kappa shape index (κ2) is 7.92. The summed E-state index contributed by atoms with van der Waals surface area (Å²) in [6.07, 6.45) is 6.04. The molecule has 2 aromatic heterocycles. The molecule has 1 N–H and O–H groups in total. The van der Waals surface area contributed by atoms with Crippen LogP contribution in [0.5, 0.6) is 0 Å². The van der Waals surface area contributed by atoms with E-state index in [1.54, 1.807) is 0 Å². The lowest BCUT2D eigenvalue weighted by atomic mass is 9.81. The Morgan fingerprint density at radius 1 is 1.19 bits per heavy atom. The number of halogens is 1. The van der Waals surface area contributed by atoms with E-state index >= 15 is 0 Å². The molecule has 5 heteroatoms. The Labute approximate surface area is 159 Å². The summed E-state index contributed by atoms with van der Waals surface area (Å²) in [5.41, 5.74) is 1.98. The lowest BCUT2D eigenvalue weighted by molar-refractivity contribution is -0.122. The number of nitrogens with one attached hydrogen (secondary N) is 1. The van der Waals surface area contributed by atoms with Crippen molar-refractivity contribution in [2.45, 2.75) is 38.5 Å². The third kappa shape index (κ3) is 4.44. The summed E-state index contributed by atoms with van der Waals surface area (Å²) < 4.78 is 2.09. The number of hydrogen-bond acceptors (Lipinski definition) is 2. The van der Waals surface area contributed by atoms with Gasteiger partial charge < -0.3 is 9.72 Å². The first-order valence-corrected chi connectivity index (χ1v) is 9.27. The van der Waals surface area contributed by atoms with Crippen LogP contribution in [0.2, 0.25) is 5.02 Å². The molecule has 136 valence electrons. The number of pyridine rings is 1. The molecule has 0 saturated carbocycles. The van der Waals surface area contributed by atoms with Crippen molar-refractivity contribution in [1.29, 1.82) is 0 Å². The molecule has 1 aromatic carbocycles. The van der Waals surface area contributed by atoms with Crippen molar-refractivity contribution >= 4 is 23.0 Å². The monoisotopic (exact) mass is 369 g/mol. The average Bonchev–Trinajstić information content (AvgIpc) is 3.02. The Bertz CT molecular complexity index is 884. The van der Waals surface area contributed by atoms with Gasteiger partial charge in [-0.2, -0.15) is 0 Å². The number of rotatable bonds is 7. The maximum atomic E-state index is 12.3. The number of amides is 1. The molecule has 0 saturated heterocycles. The summed E-state index contributed by atoms with van der Waals surface area (Å²) >= 11 is 5.94. The van der Waals surface area contributed by atoms with Crippen molar-refractivity contribution in [2.24, 2.45) is 0 Å². The lowest BCUT2D eigenvalue weighted by Crippen LogP contribution is -2.31. The highest BCUT2D eigenvalue weighted by Gasteiger charge is 2.24. The summed E-state index contributed by atoms with van der Waals surface area (Å²) in [5, 5.41) is 3.74. The Morgan fingerprint density at radius 2 is 1.96 bits per heavy atom. The van der Waals surface area contributed by atoms with Gasteiger partial charge in [-0.05, 0) is 41.7 Å². The second-order valence-corrected chi connectivity index (χ2v) is 7.63. The molecule has 1 amide bonds. The molecule has 26 heavy (non-hydrogen) atoms. The van der Waals surface area contributed by atoms with E-state index in [0.717, 1.165) is 29.7 Å². The average molecular weight is 370 g/mol. The molecule has 0 bridgehead atoms. The number of fused-ring (bicyclic) bond motifs is 1. The molecule has 0 aliphatic heterocycles. The highest BCUT2D eigenvalue weighted by molar-refractivity contribution is 6.30. The largest absolute Gasteiger partial charge is 0.356 e. The van der Waals surface area contributed by atoms with Crippen molar-refractivity contribution in [3.05, 3.63) is 71.3 Å². The van der Waals surface area contributed by atoms with Gasteiger partial charge in [-0.3, -0.25) is 4.79 Å². The van der Waals surface area contributed by atoms with E-state index in [-0.39, 0.29) is 11.3 Å². The van der Waals surface area contributed by atoms with Crippen LogP contribution in [0, 0.1) is 0 Å². The van der Waals surface area contributed by atoms with Crippen LogP contribution in [-0.2, 0) is 16.6 Å². The Hall–Kier alpha value is -2.33. The van der Waals surface area contributed by atoms with Gasteiger partial charge in [0.05, 0.1) is 11.7 Å². The van der Waals surface area contributed by atoms with Crippen molar-refractivity contribution in [1.82, 2.24) is 14.7 Å². The second-order valence-electron chi connectivity index (χ2n) is 7.19. The molecule has 0 aliphatic rings. The van der Waals surface area contributed by atoms with Gasteiger partial charge in [-0.25, -0.2) is 4.98 Å². The zero-order valence-electron chi connectivity index (χ0n) is 15.2. The minimum atomic E-state index is -0.228. The van der Waals surface area contributed by atoms with Crippen LogP contribution in [0.1, 0.15) is 38.1 Å². The topological polar surface area (TPSA) is 46.4 Å². The van der Waals surface area contributed by atoms with Crippen LogP contribution in [-0.4, -0.2) is 21.8 Å². The zero-order chi connectivity index (χ0) is 18.6. The maximum Gasteiger partial charge on any atom is 0.220 e. The van der Waals surface area contributed by atoms with Gasteiger partial charge in [0.25, 0.3) is 0 Å². The van der Waals surface area contributed by atoms with Crippen LogP contribution >= 0.6 is 11.6 Å². The van der Waals surface area contributed by atoms with Crippen LogP contribution in [0.4, 0.5) is 0 Å². The summed E-state index contributed by atoms with van der Waals surface area (Å²) in [5.74, 6) is 1.09. The highest BCUT2D eigenvalue weighted by atomic mass is 35.5.